The van der Waals surface area contributed by atoms with Crippen molar-refractivity contribution in [3.8, 4) is 11.5 Å². The molecule has 0 aliphatic carbocycles. The van der Waals surface area contributed by atoms with Gasteiger partial charge in [-0.1, -0.05) is 29.8 Å². The maximum atomic E-state index is 13.2. The van der Waals surface area contributed by atoms with Crippen molar-refractivity contribution in [1.82, 2.24) is 23.9 Å². The molecule has 4 aromatic rings. The third-order valence-corrected chi connectivity index (χ3v) is 5.45. The summed E-state index contributed by atoms with van der Waals surface area (Å²) in [6.45, 7) is 1.76. The van der Waals surface area contributed by atoms with Crippen molar-refractivity contribution in [2.24, 2.45) is 7.05 Å². The van der Waals surface area contributed by atoms with Gasteiger partial charge in [-0.15, -0.1) is 0 Å². The zero-order valence-electron chi connectivity index (χ0n) is 20.1. The van der Waals surface area contributed by atoms with E-state index in [-0.39, 0.29) is 30.3 Å². The van der Waals surface area contributed by atoms with Crippen LogP contribution in [0.4, 0.5) is 11.6 Å². The molecule has 0 radical (unpaired) electrons. The maximum Gasteiger partial charge on any atom is 0.354 e. The zero-order valence-corrected chi connectivity index (χ0v) is 20.1. The van der Waals surface area contributed by atoms with Crippen LogP contribution in [0.15, 0.2) is 75.2 Å². The number of carboxylic acids is 1. The fraction of sp³-hybridized carbons (Fsp3) is 0.200. The average Bonchev–Trinajstić information content (AvgIpc) is 2.86. The van der Waals surface area contributed by atoms with Gasteiger partial charge in [0.2, 0.25) is 5.95 Å². The normalized spacial score (nSPS) is 10.8. The molecule has 4 rings (SSSR count). The van der Waals surface area contributed by atoms with Gasteiger partial charge in [0.15, 0.2) is 5.75 Å². The van der Waals surface area contributed by atoms with Crippen molar-refractivity contribution in [3.05, 3.63) is 103 Å². The fourth-order valence-electron chi connectivity index (χ4n) is 3.42. The second-order valence-corrected chi connectivity index (χ2v) is 8.27. The van der Waals surface area contributed by atoms with Crippen LogP contribution in [0.5, 0.6) is 11.5 Å². The fourth-order valence-corrected chi connectivity index (χ4v) is 3.42. The van der Waals surface area contributed by atoms with Crippen LogP contribution < -0.4 is 27.0 Å². The summed E-state index contributed by atoms with van der Waals surface area (Å²) in [5, 5.41) is 15.9. The number of hydrogen-bond acceptors (Lipinski definition) is 8. The van der Waals surface area contributed by atoms with E-state index in [1.54, 1.807) is 24.3 Å². The van der Waals surface area contributed by atoms with E-state index in [4.69, 9.17) is 9.84 Å². The number of aryl methyl sites for hydroxylation is 2. The van der Waals surface area contributed by atoms with Crippen LogP contribution in [-0.2, 0) is 24.9 Å². The van der Waals surface area contributed by atoms with Crippen LogP contribution in [0.3, 0.4) is 0 Å². The third-order valence-electron chi connectivity index (χ3n) is 5.45. The Morgan fingerprint density at radius 2 is 1.70 bits per heavy atom. The van der Waals surface area contributed by atoms with Gasteiger partial charge in [0.1, 0.15) is 5.75 Å². The minimum Gasteiger partial charge on any atom is -0.481 e. The van der Waals surface area contributed by atoms with Gasteiger partial charge in [-0.2, -0.15) is 10.1 Å². The molecule has 0 amide bonds. The van der Waals surface area contributed by atoms with Crippen molar-refractivity contribution in [3.63, 3.8) is 0 Å². The number of aliphatic carboxylic acids is 1. The largest absolute Gasteiger partial charge is 0.481 e. The number of rotatable bonds is 9. The van der Waals surface area contributed by atoms with Gasteiger partial charge in [0, 0.05) is 25.3 Å². The Morgan fingerprint density at radius 3 is 2.35 bits per heavy atom. The summed E-state index contributed by atoms with van der Waals surface area (Å²) in [4.78, 5) is 52.5. The molecule has 0 unspecified atom stereocenters. The molecule has 0 bridgehead atoms. The summed E-state index contributed by atoms with van der Waals surface area (Å²) < 4.78 is 8.92. The molecule has 12 nitrogen and oxygen atoms in total. The van der Waals surface area contributed by atoms with Gasteiger partial charge < -0.3 is 15.2 Å². The molecular formula is C25H24N6O6. The van der Waals surface area contributed by atoms with Crippen molar-refractivity contribution in [2.75, 3.05) is 5.32 Å². The Morgan fingerprint density at radius 1 is 1.00 bits per heavy atom. The quantitative estimate of drug-likeness (QED) is 0.348. The Kier molecular flexibility index (Phi) is 7.28. The van der Waals surface area contributed by atoms with E-state index in [1.807, 2.05) is 31.2 Å². The highest BCUT2D eigenvalue weighted by Crippen LogP contribution is 2.23. The second kappa shape index (κ2) is 10.7. The average molecular weight is 505 g/mol. The first-order valence-corrected chi connectivity index (χ1v) is 11.3. The first kappa shape index (κ1) is 25.1. The van der Waals surface area contributed by atoms with Gasteiger partial charge in [0.05, 0.1) is 19.2 Å². The highest BCUT2D eigenvalue weighted by molar-refractivity contribution is 5.66. The van der Waals surface area contributed by atoms with Crippen LogP contribution in [0.1, 0.15) is 17.5 Å². The molecule has 2 heterocycles. The molecule has 2 aromatic carbocycles. The molecule has 12 heteroatoms. The Balaban J connectivity index is 1.63. The van der Waals surface area contributed by atoms with E-state index < -0.39 is 23.8 Å². The molecule has 0 fully saturated rings. The van der Waals surface area contributed by atoms with Crippen LogP contribution >= 0.6 is 0 Å². The lowest BCUT2D eigenvalue weighted by atomic mass is 10.1. The first-order chi connectivity index (χ1) is 17.7. The molecule has 37 heavy (non-hydrogen) atoms. The van der Waals surface area contributed by atoms with Crippen molar-refractivity contribution >= 4 is 17.6 Å². The summed E-state index contributed by atoms with van der Waals surface area (Å²) in [6.07, 6.45) is 1.03. The number of hydrogen-bond donors (Lipinski definition) is 2. The van der Waals surface area contributed by atoms with E-state index in [0.29, 0.717) is 11.4 Å². The SMILES string of the molecule is Cc1ccc(Cn2c(Nc3ccc(Oc4cnn(C)c(=O)c4)cc3)nc(=O)n(CCC(=O)O)c2=O)cc1. The van der Waals surface area contributed by atoms with Gasteiger partial charge in [-0.3, -0.25) is 14.2 Å². The monoisotopic (exact) mass is 504 g/mol. The molecular weight excluding hydrogens is 480 g/mol. The number of ether oxygens (including phenoxy) is 1. The lowest BCUT2D eigenvalue weighted by molar-refractivity contribution is -0.137. The van der Waals surface area contributed by atoms with E-state index in [2.05, 4.69) is 15.4 Å². The number of aromatic nitrogens is 5. The Bertz CT molecular complexity index is 1600. The molecule has 0 saturated heterocycles. The molecule has 190 valence electrons. The number of nitrogens with one attached hydrogen (secondary N) is 1. The number of carbonyl (C=O) groups is 1. The maximum absolute atomic E-state index is 13.2. The lowest BCUT2D eigenvalue weighted by Gasteiger charge is -2.16. The minimum absolute atomic E-state index is 0.00609. The van der Waals surface area contributed by atoms with E-state index in [0.717, 1.165) is 15.7 Å². The smallest absolute Gasteiger partial charge is 0.354 e. The van der Waals surface area contributed by atoms with E-state index in [9.17, 15) is 19.2 Å². The molecule has 0 spiro atoms. The Hall–Kier alpha value is -5.00. The topological polar surface area (TPSA) is 150 Å². The lowest BCUT2D eigenvalue weighted by Crippen LogP contribution is -2.43. The Labute approximate surface area is 210 Å². The van der Waals surface area contributed by atoms with Crippen LogP contribution in [0, 0.1) is 6.92 Å². The predicted molar refractivity (Wildman–Crippen MR) is 135 cm³/mol. The van der Waals surface area contributed by atoms with Crippen molar-refractivity contribution in [1.29, 1.82) is 0 Å². The number of anilines is 2. The van der Waals surface area contributed by atoms with Crippen molar-refractivity contribution in [2.45, 2.75) is 26.4 Å². The summed E-state index contributed by atoms with van der Waals surface area (Å²) in [6, 6.07) is 15.4. The molecule has 0 aliphatic heterocycles. The second-order valence-electron chi connectivity index (χ2n) is 8.27. The predicted octanol–water partition coefficient (Wildman–Crippen LogP) is 1.87. The molecule has 2 aromatic heterocycles. The number of nitrogens with zero attached hydrogens (tertiary/aromatic N) is 5. The van der Waals surface area contributed by atoms with E-state index in [1.165, 1.54) is 28.6 Å². The van der Waals surface area contributed by atoms with Gasteiger partial charge in [-0.05, 0) is 36.8 Å². The number of benzene rings is 2. The van der Waals surface area contributed by atoms with Gasteiger partial charge in [0.25, 0.3) is 5.56 Å². The summed E-state index contributed by atoms with van der Waals surface area (Å²) in [5.74, 6) is -0.406. The minimum atomic E-state index is -1.13. The van der Waals surface area contributed by atoms with E-state index >= 15 is 0 Å². The highest BCUT2D eigenvalue weighted by Gasteiger charge is 2.15. The summed E-state index contributed by atoms with van der Waals surface area (Å²) >= 11 is 0. The van der Waals surface area contributed by atoms with Crippen LogP contribution in [0.25, 0.3) is 0 Å². The molecule has 0 atom stereocenters. The summed E-state index contributed by atoms with van der Waals surface area (Å²) in [5.41, 5.74) is 0.517. The van der Waals surface area contributed by atoms with Crippen LogP contribution in [-0.4, -0.2) is 35.0 Å². The van der Waals surface area contributed by atoms with Crippen LogP contribution in [0.2, 0.25) is 0 Å². The first-order valence-electron chi connectivity index (χ1n) is 11.3. The number of carboxylic acid groups (broad SMARTS) is 1. The summed E-state index contributed by atoms with van der Waals surface area (Å²) in [7, 11) is 1.53. The molecule has 0 aliphatic rings. The molecule has 2 N–H and O–H groups in total. The standard InChI is InChI=1S/C25H24N6O6/c1-16-3-5-17(6-4-16)15-31-23(28-24(35)30(25(31)36)12-11-22(33)34)27-18-7-9-19(10-8-18)37-20-13-21(32)29(2)26-14-20/h3-10,13-14H,11-12,15H2,1-2H3,(H,33,34)(H,27,28,35). The van der Waals surface area contributed by atoms with Crippen molar-refractivity contribution < 1.29 is 14.6 Å². The van der Waals surface area contributed by atoms with Gasteiger partial charge >= 0.3 is 17.3 Å². The highest BCUT2D eigenvalue weighted by atomic mass is 16.5. The third kappa shape index (κ3) is 6.17. The van der Waals surface area contributed by atoms with Gasteiger partial charge in [-0.25, -0.2) is 18.8 Å². The zero-order chi connectivity index (χ0) is 26.5. The molecule has 0 saturated carbocycles.